The summed E-state index contributed by atoms with van der Waals surface area (Å²) in [5.74, 6) is -1.01. The molecule has 0 unspecified atom stereocenters. The largest absolute Gasteiger partial charge is 0.497 e. The van der Waals surface area contributed by atoms with E-state index < -0.39 is 29.3 Å². The number of amides is 3. The second-order valence-corrected chi connectivity index (χ2v) is 9.67. The summed E-state index contributed by atoms with van der Waals surface area (Å²) in [6, 6.07) is 12.4. The monoisotopic (exact) mass is 511 g/mol. The highest BCUT2D eigenvalue weighted by Gasteiger charge is 2.38. The van der Waals surface area contributed by atoms with Gasteiger partial charge in [-0.3, -0.25) is 19.3 Å². The SMILES string of the molecule is COc1ccc([C@H](C(=O)NC(C)(C)C)N(C(=O)c2snc(C(N)=O)c2N)c2ccccc2OC)cc1. The third kappa shape index (κ3) is 5.57. The number of para-hydroxylation sites is 2. The third-order valence-electron chi connectivity index (χ3n) is 5.16. The Morgan fingerprint density at radius 1 is 1.03 bits per heavy atom. The van der Waals surface area contributed by atoms with Crippen molar-refractivity contribution < 1.29 is 23.9 Å². The molecule has 0 bridgehead atoms. The van der Waals surface area contributed by atoms with Crippen LogP contribution in [0.5, 0.6) is 11.5 Å². The summed E-state index contributed by atoms with van der Waals surface area (Å²) in [6.07, 6.45) is 0. The molecule has 0 saturated heterocycles. The van der Waals surface area contributed by atoms with Crippen molar-refractivity contribution >= 4 is 40.6 Å². The number of primary amides is 1. The van der Waals surface area contributed by atoms with Gasteiger partial charge in [-0.1, -0.05) is 24.3 Å². The molecule has 1 heterocycles. The molecule has 2 aromatic carbocycles. The maximum Gasteiger partial charge on any atom is 0.273 e. The molecule has 0 aliphatic heterocycles. The average Bonchev–Trinajstić information content (AvgIpc) is 3.22. The van der Waals surface area contributed by atoms with Crippen LogP contribution in [-0.4, -0.2) is 41.9 Å². The molecule has 10 nitrogen and oxygen atoms in total. The van der Waals surface area contributed by atoms with Gasteiger partial charge < -0.3 is 26.3 Å². The van der Waals surface area contributed by atoms with E-state index in [2.05, 4.69) is 9.69 Å². The van der Waals surface area contributed by atoms with Gasteiger partial charge in [-0.2, -0.15) is 4.37 Å². The summed E-state index contributed by atoms with van der Waals surface area (Å²) in [7, 11) is 3.00. The zero-order chi connectivity index (χ0) is 26.6. The molecule has 0 spiro atoms. The van der Waals surface area contributed by atoms with Gasteiger partial charge in [0.05, 0.1) is 25.6 Å². The smallest absolute Gasteiger partial charge is 0.273 e. The molecule has 0 aliphatic rings. The average molecular weight is 512 g/mol. The summed E-state index contributed by atoms with van der Waals surface area (Å²) in [5, 5.41) is 2.96. The Hall–Kier alpha value is -4.12. The van der Waals surface area contributed by atoms with E-state index in [9.17, 15) is 14.4 Å². The van der Waals surface area contributed by atoms with Gasteiger partial charge in [-0.15, -0.1) is 0 Å². The summed E-state index contributed by atoms with van der Waals surface area (Å²) in [4.78, 5) is 40.9. The molecule has 0 radical (unpaired) electrons. The van der Waals surface area contributed by atoms with Crippen LogP contribution in [-0.2, 0) is 4.79 Å². The van der Waals surface area contributed by atoms with Crippen molar-refractivity contribution in [3.05, 3.63) is 64.7 Å². The lowest BCUT2D eigenvalue weighted by Crippen LogP contribution is -2.49. The number of rotatable bonds is 8. The van der Waals surface area contributed by atoms with Gasteiger partial charge in [-0.25, -0.2) is 0 Å². The quantitative estimate of drug-likeness (QED) is 0.420. The second kappa shape index (κ2) is 10.6. The van der Waals surface area contributed by atoms with Crippen molar-refractivity contribution in [3.8, 4) is 11.5 Å². The van der Waals surface area contributed by atoms with Crippen LogP contribution in [0.3, 0.4) is 0 Å². The Labute approximate surface area is 213 Å². The molecule has 1 atom stereocenters. The topological polar surface area (TPSA) is 150 Å². The van der Waals surface area contributed by atoms with Gasteiger partial charge in [0.2, 0.25) is 5.91 Å². The van der Waals surface area contributed by atoms with Gasteiger partial charge in [0, 0.05) is 5.54 Å². The van der Waals surface area contributed by atoms with Crippen molar-refractivity contribution in [1.82, 2.24) is 9.69 Å². The Morgan fingerprint density at radius 2 is 1.67 bits per heavy atom. The summed E-state index contributed by atoms with van der Waals surface area (Å²) < 4.78 is 14.7. The maximum absolute atomic E-state index is 14.1. The first-order chi connectivity index (χ1) is 17.0. The van der Waals surface area contributed by atoms with Crippen LogP contribution in [0.25, 0.3) is 0 Å². The van der Waals surface area contributed by atoms with Crippen molar-refractivity contribution in [2.75, 3.05) is 24.9 Å². The molecule has 0 fully saturated rings. The standard InChI is InChI=1S/C25H29N5O5S/c1-25(2,3)28-23(32)20(14-10-12-15(34-4)13-11-14)30(16-8-6-7-9-17(16)35-5)24(33)21-18(26)19(22(27)31)29-36-21/h6-13,20H,26H2,1-5H3,(H2,27,31)(H,28,32)/t20-/m1/s1. The van der Waals surface area contributed by atoms with Crippen LogP contribution in [0.2, 0.25) is 0 Å². The number of carbonyl (C=O) groups excluding carboxylic acids is 3. The van der Waals surface area contributed by atoms with E-state index in [1.807, 2.05) is 20.8 Å². The molecule has 0 aliphatic carbocycles. The zero-order valence-corrected chi connectivity index (χ0v) is 21.5. The van der Waals surface area contributed by atoms with E-state index in [0.717, 1.165) is 11.5 Å². The van der Waals surface area contributed by atoms with Gasteiger partial charge in [0.25, 0.3) is 11.8 Å². The van der Waals surface area contributed by atoms with Crippen LogP contribution in [0.4, 0.5) is 11.4 Å². The number of nitrogens with one attached hydrogen (secondary N) is 1. The minimum absolute atomic E-state index is 0.0308. The third-order valence-corrected chi connectivity index (χ3v) is 6.01. The molecule has 5 N–H and O–H groups in total. The molecule has 36 heavy (non-hydrogen) atoms. The predicted molar refractivity (Wildman–Crippen MR) is 138 cm³/mol. The number of carbonyl (C=O) groups is 3. The maximum atomic E-state index is 14.1. The van der Waals surface area contributed by atoms with E-state index in [4.69, 9.17) is 20.9 Å². The molecule has 0 saturated carbocycles. The summed E-state index contributed by atoms with van der Waals surface area (Å²) >= 11 is 0.733. The van der Waals surface area contributed by atoms with E-state index in [-0.39, 0.29) is 16.3 Å². The molecular weight excluding hydrogens is 482 g/mol. The number of methoxy groups -OCH3 is 2. The van der Waals surface area contributed by atoms with Crippen LogP contribution in [0, 0.1) is 0 Å². The number of hydrogen-bond donors (Lipinski definition) is 3. The Balaban J connectivity index is 2.28. The molecule has 1 aromatic heterocycles. The molecule has 190 valence electrons. The molecule has 3 rings (SSSR count). The number of hydrogen-bond acceptors (Lipinski definition) is 8. The number of nitrogens with two attached hydrogens (primary N) is 2. The number of anilines is 2. The Bertz CT molecular complexity index is 1270. The fourth-order valence-corrected chi connectivity index (χ4v) is 4.32. The van der Waals surface area contributed by atoms with Crippen molar-refractivity contribution in [1.29, 1.82) is 0 Å². The molecule has 3 amide bonds. The lowest BCUT2D eigenvalue weighted by molar-refractivity contribution is -0.123. The molecule has 11 heteroatoms. The highest BCUT2D eigenvalue weighted by Crippen LogP contribution is 2.38. The number of ether oxygens (including phenoxy) is 2. The van der Waals surface area contributed by atoms with Gasteiger partial charge in [0.15, 0.2) is 5.69 Å². The lowest BCUT2D eigenvalue weighted by Gasteiger charge is -2.34. The molecule has 3 aromatic rings. The first kappa shape index (κ1) is 26.5. The van der Waals surface area contributed by atoms with Crippen LogP contribution in [0.1, 0.15) is 52.5 Å². The van der Waals surface area contributed by atoms with Crippen molar-refractivity contribution in [3.63, 3.8) is 0 Å². The lowest BCUT2D eigenvalue weighted by atomic mass is 10.00. The van der Waals surface area contributed by atoms with Crippen molar-refractivity contribution in [2.45, 2.75) is 32.4 Å². The second-order valence-electron chi connectivity index (χ2n) is 8.90. The van der Waals surface area contributed by atoms with E-state index in [1.54, 1.807) is 48.5 Å². The van der Waals surface area contributed by atoms with Crippen molar-refractivity contribution in [2.24, 2.45) is 5.73 Å². The number of nitrogens with zero attached hydrogens (tertiary/aromatic N) is 2. The van der Waals surface area contributed by atoms with E-state index >= 15 is 0 Å². The highest BCUT2D eigenvalue weighted by atomic mass is 32.1. The minimum atomic E-state index is -1.14. The minimum Gasteiger partial charge on any atom is -0.497 e. The fraction of sp³-hybridized carbons (Fsp3) is 0.280. The number of nitrogen functional groups attached to an aromatic ring is 1. The predicted octanol–water partition coefficient (Wildman–Crippen LogP) is 3.14. The number of aromatic nitrogens is 1. The normalized spacial score (nSPS) is 11.9. The van der Waals surface area contributed by atoms with Crippen LogP contribution >= 0.6 is 11.5 Å². The van der Waals surface area contributed by atoms with Crippen LogP contribution < -0.4 is 31.2 Å². The highest BCUT2D eigenvalue weighted by molar-refractivity contribution is 7.09. The van der Waals surface area contributed by atoms with E-state index in [0.29, 0.717) is 22.7 Å². The molecular formula is C25H29N5O5S. The first-order valence-electron chi connectivity index (χ1n) is 11.0. The Morgan fingerprint density at radius 3 is 2.19 bits per heavy atom. The first-order valence-corrected chi connectivity index (χ1v) is 11.7. The summed E-state index contributed by atoms with van der Waals surface area (Å²) in [6.45, 7) is 5.52. The van der Waals surface area contributed by atoms with E-state index in [1.165, 1.54) is 19.1 Å². The van der Waals surface area contributed by atoms with Gasteiger partial charge in [-0.05, 0) is 62.1 Å². The fourth-order valence-electron chi connectivity index (χ4n) is 3.57. The zero-order valence-electron chi connectivity index (χ0n) is 20.7. The van der Waals surface area contributed by atoms with Gasteiger partial charge >= 0.3 is 0 Å². The van der Waals surface area contributed by atoms with Crippen LogP contribution in [0.15, 0.2) is 48.5 Å². The number of benzene rings is 2. The Kier molecular flexibility index (Phi) is 7.83. The van der Waals surface area contributed by atoms with Gasteiger partial charge in [0.1, 0.15) is 22.4 Å². The summed E-state index contributed by atoms with van der Waals surface area (Å²) in [5.41, 5.74) is 11.3.